The molecule has 0 unspecified atom stereocenters. The van der Waals surface area contributed by atoms with Gasteiger partial charge in [-0.15, -0.1) is 0 Å². The van der Waals surface area contributed by atoms with Gasteiger partial charge in [0.15, 0.2) is 0 Å². The Balaban J connectivity index is 1.72. The average molecular weight is 263 g/mol. The first-order valence-electron chi connectivity index (χ1n) is 7.42. The Hall–Kier alpha value is -1.29. The molecule has 0 bridgehead atoms. The summed E-state index contributed by atoms with van der Waals surface area (Å²) < 4.78 is 5.79. The lowest BCUT2D eigenvalue weighted by atomic mass is 10.1. The van der Waals surface area contributed by atoms with Gasteiger partial charge in [-0.1, -0.05) is 13.3 Å². The van der Waals surface area contributed by atoms with E-state index in [4.69, 9.17) is 4.74 Å². The van der Waals surface area contributed by atoms with Gasteiger partial charge in [0.25, 0.3) is 0 Å². The summed E-state index contributed by atoms with van der Waals surface area (Å²) in [6.45, 7) is 7.34. The Bertz CT molecular complexity index is 364. The van der Waals surface area contributed by atoms with Gasteiger partial charge in [-0.25, -0.2) is 0 Å². The first kappa shape index (κ1) is 14.1. The molecule has 0 aromatic carbocycles. The van der Waals surface area contributed by atoms with Crippen LogP contribution in [0.5, 0.6) is 5.75 Å². The van der Waals surface area contributed by atoms with E-state index in [1.54, 1.807) is 6.20 Å². The number of pyridine rings is 1. The van der Waals surface area contributed by atoms with Gasteiger partial charge >= 0.3 is 0 Å². The molecular weight excluding hydrogens is 238 g/mol. The minimum Gasteiger partial charge on any atom is -0.491 e. The largest absolute Gasteiger partial charge is 0.491 e. The van der Waals surface area contributed by atoms with Crippen LogP contribution in [0.25, 0.3) is 0 Å². The molecule has 0 saturated carbocycles. The zero-order valence-electron chi connectivity index (χ0n) is 11.9. The van der Waals surface area contributed by atoms with Crippen molar-refractivity contribution in [1.82, 2.24) is 9.88 Å². The number of piperidine rings is 1. The van der Waals surface area contributed by atoms with Gasteiger partial charge in [0.2, 0.25) is 0 Å². The maximum Gasteiger partial charge on any atom is 0.139 e. The van der Waals surface area contributed by atoms with Crippen LogP contribution >= 0.6 is 0 Å². The number of aromatic nitrogens is 1. The highest BCUT2D eigenvalue weighted by molar-refractivity contribution is 5.44. The molecule has 1 N–H and O–H groups in total. The van der Waals surface area contributed by atoms with Crippen molar-refractivity contribution in [2.75, 3.05) is 38.1 Å². The van der Waals surface area contributed by atoms with Gasteiger partial charge in [-0.05, 0) is 32.4 Å². The summed E-state index contributed by atoms with van der Waals surface area (Å²) in [5, 5.41) is 3.32. The van der Waals surface area contributed by atoms with E-state index in [-0.39, 0.29) is 0 Å². The third-order valence-electron chi connectivity index (χ3n) is 3.42. The highest BCUT2D eigenvalue weighted by Gasteiger charge is 2.09. The molecule has 1 saturated heterocycles. The van der Waals surface area contributed by atoms with Crippen molar-refractivity contribution >= 4 is 5.69 Å². The number of likely N-dealkylation sites (tertiary alicyclic amines) is 1. The molecule has 4 nitrogen and oxygen atoms in total. The number of nitrogens with one attached hydrogen (secondary N) is 1. The van der Waals surface area contributed by atoms with Crippen LogP contribution in [0.1, 0.15) is 32.6 Å². The minimum absolute atomic E-state index is 0.749. The lowest BCUT2D eigenvalue weighted by molar-refractivity contribution is 0.183. The van der Waals surface area contributed by atoms with Gasteiger partial charge in [-0.3, -0.25) is 9.88 Å². The Morgan fingerprint density at radius 2 is 2.11 bits per heavy atom. The fraction of sp³-hybridized carbons (Fsp3) is 0.667. The Morgan fingerprint density at radius 1 is 1.26 bits per heavy atom. The van der Waals surface area contributed by atoms with Crippen LogP contribution in [0.4, 0.5) is 5.69 Å². The first-order chi connectivity index (χ1) is 9.38. The van der Waals surface area contributed by atoms with Gasteiger partial charge in [0.1, 0.15) is 12.4 Å². The average Bonchev–Trinajstić information content (AvgIpc) is 2.47. The molecule has 4 heteroatoms. The molecule has 0 amide bonds. The van der Waals surface area contributed by atoms with Crippen molar-refractivity contribution < 1.29 is 4.74 Å². The van der Waals surface area contributed by atoms with Gasteiger partial charge in [0, 0.05) is 19.2 Å². The van der Waals surface area contributed by atoms with E-state index in [1.165, 1.54) is 32.4 Å². The summed E-state index contributed by atoms with van der Waals surface area (Å²) in [7, 11) is 0. The number of ether oxygens (including phenoxy) is 1. The Morgan fingerprint density at radius 3 is 2.89 bits per heavy atom. The van der Waals surface area contributed by atoms with Crippen molar-refractivity contribution in [2.24, 2.45) is 0 Å². The summed E-state index contributed by atoms with van der Waals surface area (Å²) in [6.07, 6.45) is 8.78. The van der Waals surface area contributed by atoms with Crippen molar-refractivity contribution in [3.8, 4) is 5.75 Å². The quantitative estimate of drug-likeness (QED) is 0.821. The van der Waals surface area contributed by atoms with Gasteiger partial charge in [-0.2, -0.15) is 0 Å². The first-order valence-corrected chi connectivity index (χ1v) is 7.42. The molecule has 1 aliphatic heterocycles. The monoisotopic (exact) mass is 263 g/mol. The third-order valence-corrected chi connectivity index (χ3v) is 3.42. The van der Waals surface area contributed by atoms with E-state index in [9.17, 15) is 0 Å². The molecule has 106 valence electrons. The Labute approximate surface area is 116 Å². The van der Waals surface area contributed by atoms with E-state index < -0.39 is 0 Å². The number of nitrogens with zero attached hydrogens (tertiary/aromatic N) is 2. The summed E-state index contributed by atoms with van der Waals surface area (Å²) in [5.74, 6) is 0.859. The van der Waals surface area contributed by atoms with Crippen LogP contribution in [0.15, 0.2) is 18.5 Å². The van der Waals surface area contributed by atoms with Crippen LogP contribution in [0.3, 0.4) is 0 Å². The minimum atomic E-state index is 0.749. The molecule has 1 aromatic heterocycles. The fourth-order valence-corrected chi connectivity index (χ4v) is 2.34. The SMILES string of the molecule is CCCNc1cncc(OCCN2CCCCC2)c1. The lowest BCUT2D eigenvalue weighted by Gasteiger charge is -2.26. The van der Waals surface area contributed by atoms with Crippen molar-refractivity contribution in [1.29, 1.82) is 0 Å². The van der Waals surface area contributed by atoms with Crippen LogP contribution in [0.2, 0.25) is 0 Å². The smallest absolute Gasteiger partial charge is 0.139 e. The molecule has 1 fully saturated rings. The Kier molecular flexibility index (Phi) is 5.95. The normalized spacial score (nSPS) is 16.3. The summed E-state index contributed by atoms with van der Waals surface area (Å²) in [5.41, 5.74) is 1.04. The van der Waals surface area contributed by atoms with Gasteiger partial charge < -0.3 is 10.1 Å². The third kappa shape index (κ3) is 5.07. The number of hydrogen-bond donors (Lipinski definition) is 1. The zero-order valence-corrected chi connectivity index (χ0v) is 11.9. The standard InChI is InChI=1S/C15H25N3O/c1-2-6-17-14-11-15(13-16-12-14)19-10-9-18-7-4-3-5-8-18/h11-13,17H,2-10H2,1H3. The van der Waals surface area contributed by atoms with Gasteiger partial charge in [0.05, 0.1) is 18.1 Å². The van der Waals surface area contributed by atoms with Crippen LogP contribution in [-0.2, 0) is 0 Å². The molecule has 1 aliphatic rings. The van der Waals surface area contributed by atoms with Crippen molar-refractivity contribution in [3.05, 3.63) is 18.5 Å². The van der Waals surface area contributed by atoms with Crippen LogP contribution < -0.4 is 10.1 Å². The van der Waals surface area contributed by atoms with Crippen molar-refractivity contribution in [3.63, 3.8) is 0 Å². The fourth-order valence-electron chi connectivity index (χ4n) is 2.34. The van der Waals surface area contributed by atoms with E-state index >= 15 is 0 Å². The maximum atomic E-state index is 5.79. The number of anilines is 1. The second kappa shape index (κ2) is 8.00. The van der Waals surface area contributed by atoms with Crippen LogP contribution in [0, 0.1) is 0 Å². The molecule has 0 radical (unpaired) electrons. The summed E-state index contributed by atoms with van der Waals surface area (Å²) in [6, 6.07) is 2.03. The number of hydrogen-bond acceptors (Lipinski definition) is 4. The predicted octanol–water partition coefficient (Wildman–Crippen LogP) is 2.77. The van der Waals surface area contributed by atoms with E-state index in [2.05, 4.69) is 22.1 Å². The molecule has 0 aliphatic carbocycles. The maximum absolute atomic E-state index is 5.79. The molecule has 0 spiro atoms. The number of rotatable bonds is 7. The zero-order chi connectivity index (χ0) is 13.3. The topological polar surface area (TPSA) is 37.4 Å². The highest BCUT2D eigenvalue weighted by atomic mass is 16.5. The van der Waals surface area contributed by atoms with E-state index in [0.717, 1.165) is 37.6 Å². The summed E-state index contributed by atoms with van der Waals surface area (Å²) in [4.78, 5) is 6.68. The predicted molar refractivity (Wildman–Crippen MR) is 78.8 cm³/mol. The molecule has 2 heterocycles. The molecule has 2 rings (SSSR count). The molecule has 1 aromatic rings. The molecule has 19 heavy (non-hydrogen) atoms. The van der Waals surface area contributed by atoms with E-state index in [0.29, 0.717) is 0 Å². The molecular formula is C15H25N3O. The second-order valence-electron chi connectivity index (χ2n) is 5.09. The second-order valence-corrected chi connectivity index (χ2v) is 5.09. The molecule has 0 atom stereocenters. The highest BCUT2D eigenvalue weighted by Crippen LogP contribution is 2.15. The van der Waals surface area contributed by atoms with Crippen LogP contribution in [-0.4, -0.2) is 42.7 Å². The summed E-state index contributed by atoms with van der Waals surface area (Å²) >= 11 is 0. The van der Waals surface area contributed by atoms with E-state index in [1.807, 2.05) is 12.3 Å². The lowest BCUT2D eigenvalue weighted by Crippen LogP contribution is -2.33. The van der Waals surface area contributed by atoms with Crippen molar-refractivity contribution in [2.45, 2.75) is 32.6 Å².